The van der Waals surface area contributed by atoms with Crippen molar-refractivity contribution in [3.63, 3.8) is 0 Å². The van der Waals surface area contributed by atoms with Gasteiger partial charge in [-0.3, -0.25) is 0 Å². The Balaban J connectivity index is 2.23. The molecule has 1 N–H and O–H groups in total. The molecule has 15 heavy (non-hydrogen) atoms. The zero-order chi connectivity index (χ0) is 10.8. The maximum absolute atomic E-state index is 9.36. The van der Waals surface area contributed by atoms with Crippen LogP contribution in [-0.2, 0) is 0 Å². The maximum atomic E-state index is 9.36. The van der Waals surface area contributed by atoms with Crippen LogP contribution in [0.25, 0.3) is 6.08 Å². The predicted octanol–water partition coefficient (Wildman–Crippen LogP) is 2.85. The summed E-state index contributed by atoms with van der Waals surface area (Å²) in [6, 6.07) is 8.02. The van der Waals surface area contributed by atoms with E-state index in [0.29, 0.717) is 11.8 Å². The Bertz CT molecular complexity index is 384. The average molecular weight is 203 g/mol. The van der Waals surface area contributed by atoms with Crippen molar-refractivity contribution in [3.05, 3.63) is 35.5 Å². The Morgan fingerprint density at radius 2 is 2.27 bits per heavy atom. The molecule has 0 aliphatic carbocycles. The number of hydrogen-bond acceptors (Lipinski definition) is 2. The summed E-state index contributed by atoms with van der Waals surface area (Å²) in [7, 11) is 2.13. The van der Waals surface area contributed by atoms with Gasteiger partial charge in [0, 0.05) is 18.8 Å². The van der Waals surface area contributed by atoms with Crippen LogP contribution in [0, 0.1) is 0 Å². The lowest BCUT2D eigenvalue weighted by atomic mass is 10.1. The highest BCUT2D eigenvalue weighted by molar-refractivity contribution is 5.54. The second-order valence-corrected chi connectivity index (χ2v) is 4.23. The molecular formula is C13H17NO. The molecule has 0 amide bonds. The highest BCUT2D eigenvalue weighted by atomic mass is 16.3. The smallest absolute Gasteiger partial charge is 0.116 e. The molecule has 1 aliphatic heterocycles. The Morgan fingerprint density at radius 3 is 2.87 bits per heavy atom. The van der Waals surface area contributed by atoms with Gasteiger partial charge in [0.05, 0.1) is 0 Å². The Kier molecular flexibility index (Phi) is 2.67. The van der Waals surface area contributed by atoms with Crippen molar-refractivity contribution in [3.8, 4) is 5.75 Å². The lowest BCUT2D eigenvalue weighted by molar-refractivity contribution is 0.378. The number of allylic oxidation sites excluding steroid dienone is 1. The van der Waals surface area contributed by atoms with E-state index in [9.17, 15) is 5.11 Å². The van der Waals surface area contributed by atoms with Gasteiger partial charge in [-0.15, -0.1) is 0 Å². The molecular weight excluding hydrogens is 186 g/mol. The predicted molar refractivity (Wildman–Crippen MR) is 62.5 cm³/mol. The fourth-order valence-corrected chi connectivity index (χ4v) is 1.99. The van der Waals surface area contributed by atoms with E-state index in [-0.39, 0.29) is 0 Å². The van der Waals surface area contributed by atoms with E-state index in [1.165, 1.54) is 12.1 Å². The largest absolute Gasteiger partial charge is 0.508 e. The molecule has 0 bridgehead atoms. The van der Waals surface area contributed by atoms with Crippen molar-refractivity contribution in [1.82, 2.24) is 4.90 Å². The minimum atomic E-state index is 0.332. The monoisotopic (exact) mass is 203 g/mol. The van der Waals surface area contributed by atoms with Crippen LogP contribution in [0.4, 0.5) is 0 Å². The second-order valence-electron chi connectivity index (χ2n) is 4.23. The van der Waals surface area contributed by atoms with E-state index < -0.39 is 0 Å². The van der Waals surface area contributed by atoms with Crippen LogP contribution in [0.2, 0.25) is 0 Å². The van der Waals surface area contributed by atoms with Crippen molar-refractivity contribution in [2.24, 2.45) is 0 Å². The third-order valence-corrected chi connectivity index (χ3v) is 3.14. The topological polar surface area (TPSA) is 23.5 Å². The highest BCUT2D eigenvalue weighted by Crippen LogP contribution is 2.27. The van der Waals surface area contributed by atoms with E-state index in [0.717, 1.165) is 12.0 Å². The Morgan fingerprint density at radius 1 is 1.47 bits per heavy atom. The fourth-order valence-electron chi connectivity index (χ4n) is 1.99. The number of rotatable bonds is 1. The van der Waals surface area contributed by atoms with Crippen LogP contribution in [0.3, 0.4) is 0 Å². The number of nitrogens with zero attached hydrogens (tertiary/aromatic N) is 1. The molecule has 2 rings (SSSR count). The third-order valence-electron chi connectivity index (χ3n) is 3.14. The number of hydrogen-bond donors (Lipinski definition) is 1. The van der Waals surface area contributed by atoms with E-state index in [1.807, 2.05) is 12.1 Å². The Labute approximate surface area is 90.8 Å². The molecule has 1 aliphatic rings. The summed E-state index contributed by atoms with van der Waals surface area (Å²) >= 11 is 0. The van der Waals surface area contributed by atoms with Crippen molar-refractivity contribution < 1.29 is 5.11 Å². The number of benzene rings is 1. The summed E-state index contributed by atoms with van der Waals surface area (Å²) in [5, 5.41) is 9.36. The fraction of sp³-hybridized carbons (Fsp3) is 0.385. The molecule has 1 heterocycles. The molecule has 0 spiro atoms. The van der Waals surface area contributed by atoms with Crippen LogP contribution < -0.4 is 0 Å². The summed E-state index contributed by atoms with van der Waals surface area (Å²) in [4.78, 5) is 2.31. The van der Waals surface area contributed by atoms with Gasteiger partial charge in [0.15, 0.2) is 0 Å². The third kappa shape index (κ3) is 2.14. The first-order valence-electron chi connectivity index (χ1n) is 5.39. The molecule has 1 fully saturated rings. The zero-order valence-electron chi connectivity index (χ0n) is 9.27. The summed E-state index contributed by atoms with van der Waals surface area (Å²) in [6.45, 7) is 2.24. The number of phenols is 1. The minimum absolute atomic E-state index is 0.332. The molecule has 2 nitrogen and oxygen atoms in total. The summed E-state index contributed by atoms with van der Waals surface area (Å²) < 4.78 is 0. The number of likely N-dealkylation sites (tertiary alicyclic amines) is 1. The van der Waals surface area contributed by atoms with Gasteiger partial charge in [-0.2, -0.15) is 0 Å². The molecule has 1 aromatic carbocycles. The summed E-state index contributed by atoms with van der Waals surface area (Å²) in [5.74, 6) is 0.332. The molecule has 0 radical (unpaired) electrons. The minimum Gasteiger partial charge on any atom is -0.508 e. The summed E-state index contributed by atoms with van der Waals surface area (Å²) in [5.41, 5.74) is 2.43. The average Bonchev–Trinajstić information content (AvgIpc) is 2.50. The van der Waals surface area contributed by atoms with Gasteiger partial charge >= 0.3 is 0 Å². The first-order chi connectivity index (χ1) is 7.16. The van der Waals surface area contributed by atoms with Gasteiger partial charge in [0.1, 0.15) is 5.75 Å². The van der Waals surface area contributed by atoms with Gasteiger partial charge in [-0.25, -0.2) is 0 Å². The normalized spacial score (nSPS) is 23.7. The van der Waals surface area contributed by atoms with Gasteiger partial charge in [0.25, 0.3) is 0 Å². The molecule has 1 aromatic rings. The molecule has 1 saturated heterocycles. The maximum Gasteiger partial charge on any atom is 0.116 e. The van der Waals surface area contributed by atoms with E-state index in [4.69, 9.17) is 0 Å². The molecule has 0 saturated carbocycles. The number of phenolic OH excluding ortho intramolecular Hbond substituents is 1. The molecule has 0 aromatic heterocycles. The molecule has 1 unspecified atom stereocenters. The van der Waals surface area contributed by atoms with Crippen LogP contribution >= 0.6 is 0 Å². The van der Waals surface area contributed by atoms with Crippen LogP contribution in [0.1, 0.15) is 25.3 Å². The molecule has 1 atom stereocenters. The van der Waals surface area contributed by atoms with E-state index in [1.54, 1.807) is 12.1 Å². The van der Waals surface area contributed by atoms with E-state index in [2.05, 4.69) is 24.9 Å². The van der Waals surface area contributed by atoms with Crippen molar-refractivity contribution in [2.45, 2.75) is 25.8 Å². The van der Waals surface area contributed by atoms with Crippen LogP contribution in [0.15, 0.2) is 30.0 Å². The van der Waals surface area contributed by atoms with Crippen molar-refractivity contribution in [1.29, 1.82) is 0 Å². The van der Waals surface area contributed by atoms with Crippen molar-refractivity contribution in [2.75, 3.05) is 7.05 Å². The van der Waals surface area contributed by atoms with Crippen molar-refractivity contribution >= 4 is 6.08 Å². The molecule has 2 heteroatoms. The lowest BCUT2D eigenvalue weighted by Crippen LogP contribution is -2.19. The van der Waals surface area contributed by atoms with Gasteiger partial charge in [0.2, 0.25) is 0 Å². The quantitative estimate of drug-likeness (QED) is 0.758. The first kappa shape index (κ1) is 10.1. The van der Waals surface area contributed by atoms with Gasteiger partial charge < -0.3 is 10.0 Å². The standard InChI is InChI=1S/C13H17NO/c1-10-6-7-12(14(10)2)8-11-4-3-5-13(15)9-11/h3-5,8-10,15H,6-7H2,1-2H3. The van der Waals surface area contributed by atoms with Crippen LogP contribution in [0.5, 0.6) is 5.75 Å². The Hall–Kier alpha value is -1.44. The lowest BCUT2D eigenvalue weighted by Gasteiger charge is -2.18. The second kappa shape index (κ2) is 3.97. The summed E-state index contributed by atoms with van der Waals surface area (Å²) in [6.07, 6.45) is 4.51. The number of aromatic hydroxyl groups is 1. The van der Waals surface area contributed by atoms with Gasteiger partial charge in [-0.1, -0.05) is 12.1 Å². The van der Waals surface area contributed by atoms with Gasteiger partial charge in [-0.05, 0) is 43.5 Å². The SMILES string of the molecule is CC1CCC(=Cc2cccc(O)c2)N1C. The molecule has 80 valence electrons. The van der Waals surface area contributed by atoms with E-state index >= 15 is 0 Å². The zero-order valence-corrected chi connectivity index (χ0v) is 9.27. The van der Waals surface area contributed by atoms with Crippen LogP contribution in [-0.4, -0.2) is 23.1 Å². The first-order valence-corrected chi connectivity index (χ1v) is 5.39. The highest BCUT2D eigenvalue weighted by Gasteiger charge is 2.19.